The number of nitrogens with one attached hydrogen (secondary N) is 3. The van der Waals surface area contributed by atoms with Crippen LogP contribution < -0.4 is 10.6 Å². The monoisotopic (exact) mass is 225 g/mol. The average molecular weight is 225 g/mol. The minimum absolute atomic E-state index is 0.0369. The Bertz CT molecular complexity index is 385. The molecule has 2 amide bonds. The Morgan fingerprint density at radius 3 is 2.62 bits per heavy atom. The van der Waals surface area contributed by atoms with E-state index in [4.69, 9.17) is 0 Å². The van der Waals surface area contributed by atoms with Gasteiger partial charge >= 0.3 is 0 Å². The maximum absolute atomic E-state index is 11.4. The topological polar surface area (TPSA) is 99.8 Å². The van der Waals surface area contributed by atoms with Crippen LogP contribution in [0.25, 0.3) is 0 Å². The molecule has 0 aliphatic heterocycles. The summed E-state index contributed by atoms with van der Waals surface area (Å²) in [5, 5.41) is 11.3. The van der Waals surface area contributed by atoms with E-state index in [1.54, 1.807) is 6.92 Å². The van der Waals surface area contributed by atoms with Crippen LogP contribution in [-0.2, 0) is 4.79 Å². The van der Waals surface area contributed by atoms with Crippen molar-refractivity contribution in [3.8, 4) is 0 Å². The van der Waals surface area contributed by atoms with E-state index in [1.807, 2.05) is 13.8 Å². The van der Waals surface area contributed by atoms with Crippen LogP contribution >= 0.6 is 0 Å². The first-order chi connectivity index (χ1) is 7.49. The predicted molar refractivity (Wildman–Crippen MR) is 56.7 cm³/mol. The molecule has 7 heteroatoms. The summed E-state index contributed by atoms with van der Waals surface area (Å²) in [7, 11) is 0. The van der Waals surface area contributed by atoms with Crippen LogP contribution in [0.15, 0.2) is 0 Å². The van der Waals surface area contributed by atoms with Gasteiger partial charge in [-0.1, -0.05) is 0 Å². The van der Waals surface area contributed by atoms with Crippen molar-refractivity contribution < 1.29 is 9.59 Å². The summed E-state index contributed by atoms with van der Waals surface area (Å²) in [6, 6.07) is 0.0511. The van der Waals surface area contributed by atoms with Crippen LogP contribution in [0.3, 0.4) is 0 Å². The summed E-state index contributed by atoms with van der Waals surface area (Å²) >= 11 is 0. The second kappa shape index (κ2) is 5.24. The van der Waals surface area contributed by atoms with Gasteiger partial charge in [0.05, 0.1) is 6.54 Å². The molecule has 0 bridgehead atoms. The van der Waals surface area contributed by atoms with Crippen LogP contribution in [-0.4, -0.2) is 39.6 Å². The highest BCUT2D eigenvalue weighted by molar-refractivity contribution is 5.93. The SMILES string of the molecule is Cc1nc(C(=O)NCC(=O)NC(C)C)n[nH]1. The first-order valence-corrected chi connectivity index (χ1v) is 4.95. The van der Waals surface area contributed by atoms with Crippen molar-refractivity contribution >= 4 is 11.8 Å². The zero-order valence-electron chi connectivity index (χ0n) is 9.50. The summed E-state index contributed by atoms with van der Waals surface area (Å²) in [5.74, 6) is -0.120. The van der Waals surface area contributed by atoms with E-state index in [1.165, 1.54) is 0 Å². The number of rotatable bonds is 4. The molecule has 0 saturated heterocycles. The fourth-order valence-corrected chi connectivity index (χ4v) is 1.06. The molecule has 16 heavy (non-hydrogen) atoms. The molecule has 0 aromatic carbocycles. The van der Waals surface area contributed by atoms with Crippen LogP contribution in [0.5, 0.6) is 0 Å². The molecule has 0 atom stereocenters. The summed E-state index contributed by atoms with van der Waals surface area (Å²) in [6.07, 6.45) is 0. The molecule has 1 aromatic heterocycles. The van der Waals surface area contributed by atoms with E-state index in [0.717, 1.165) is 0 Å². The summed E-state index contributed by atoms with van der Waals surface area (Å²) in [4.78, 5) is 26.5. The largest absolute Gasteiger partial charge is 0.352 e. The highest BCUT2D eigenvalue weighted by Gasteiger charge is 2.12. The molecule has 7 nitrogen and oxygen atoms in total. The minimum Gasteiger partial charge on any atom is -0.352 e. The van der Waals surface area contributed by atoms with Gasteiger partial charge in [0, 0.05) is 6.04 Å². The number of carbonyl (C=O) groups excluding carboxylic acids is 2. The quantitative estimate of drug-likeness (QED) is 0.635. The van der Waals surface area contributed by atoms with Crippen molar-refractivity contribution in [2.45, 2.75) is 26.8 Å². The number of aryl methyl sites for hydroxylation is 1. The van der Waals surface area contributed by atoms with Gasteiger partial charge in [-0.2, -0.15) is 0 Å². The van der Waals surface area contributed by atoms with E-state index in [9.17, 15) is 9.59 Å². The van der Waals surface area contributed by atoms with Gasteiger partial charge in [-0.3, -0.25) is 14.7 Å². The van der Waals surface area contributed by atoms with Crippen LogP contribution in [0.2, 0.25) is 0 Å². The van der Waals surface area contributed by atoms with Crippen LogP contribution in [0, 0.1) is 6.92 Å². The van der Waals surface area contributed by atoms with Crippen LogP contribution in [0.1, 0.15) is 30.3 Å². The molecular formula is C9H15N5O2. The maximum atomic E-state index is 11.4. The highest BCUT2D eigenvalue weighted by Crippen LogP contribution is 1.89. The molecule has 0 fully saturated rings. The molecule has 0 saturated carbocycles. The normalized spacial score (nSPS) is 10.2. The average Bonchev–Trinajstić information content (AvgIpc) is 2.60. The Morgan fingerprint density at radius 2 is 2.12 bits per heavy atom. The minimum atomic E-state index is -0.469. The number of hydrogen-bond acceptors (Lipinski definition) is 4. The van der Waals surface area contributed by atoms with Crippen LogP contribution in [0.4, 0.5) is 0 Å². The standard InChI is InChI=1S/C9H15N5O2/c1-5(2)11-7(15)4-10-9(16)8-12-6(3)13-14-8/h5H,4H2,1-3H3,(H,10,16)(H,11,15)(H,12,13,14). The van der Waals surface area contributed by atoms with Crippen molar-refractivity contribution in [1.29, 1.82) is 0 Å². The Labute approximate surface area is 93.0 Å². The molecular weight excluding hydrogens is 210 g/mol. The number of aromatic nitrogens is 3. The zero-order valence-corrected chi connectivity index (χ0v) is 9.50. The molecule has 1 heterocycles. The van der Waals surface area contributed by atoms with E-state index in [2.05, 4.69) is 25.8 Å². The Hall–Kier alpha value is -1.92. The van der Waals surface area contributed by atoms with E-state index >= 15 is 0 Å². The number of hydrogen-bond donors (Lipinski definition) is 3. The second-order valence-electron chi connectivity index (χ2n) is 3.65. The first-order valence-electron chi connectivity index (χ1n) is 4.95. The number of H-pyrrole nitrogens is 1. The van der Waals surface area contributed by atoms with Gasteiger partial charge in [-0.05, 0) is 20.8 Å². The molecule has 0 unspecified atom stereocenters. The van der Waals surface area contributed by atoms with Gasteiger partial charge in [0.1, 0.15) is 5.82 Å². The fraction of sp³-hybridized carbons (Fsp3) is 0.556. The highest BCUT2D eigenvalue weighted by atomic mass is 16.2. The van der Waals surface area contributed by atoms with Crippen molar-refractivity contribution in [3.63, 3.8) is 0 Å². The van der Waals surface area contributed by atoms with Crippen molar-refractivity contribution in [1.82, 2.24) is 25.8 Å². The van der Waals surface area contributed by atoms with Gasteiger partial charge in [0.2, 0.25) is 11.7 Å². The van der Waals surface area contributed by atoms with E-state index in [-0.39, 0.29) is 24.3 Å². The first kappa shape index (κ1) is 12.2. The number of carbonyl (C=O) groups is 2. The Kier molecular flexibility index (Phi) is 3.98. The Balaban J connectivity index is 2.38. The third-order valence-electron chi connectivity index (χ3n) is 1.66. The number of nitrogens with zero attached hydrogens (tertiary/aromatic N) is 2. The van der Waals surface area contributed by atoms with Gasteiger partial charge in [-0.15, -0.1) is 5.10 Å². The summed E-state index contributed by atoms with van der Waals surface area (Å²) in [5.41, 5.74) is 0. The lowest BCUT2D eigenvalue weighted by Gasteiger charge is -2.08. The molecule has 1 aromatic rings. The lowest BCUT2D eigenvalue weighted by Crippen LogP contribution is -2.40. The number of aromatic amines is 1. The van der Waals surface area contributed by atoms with E-state index in [0.29, 0.717) is 5.82 Å². The van der Waals surface area contributed by atoms with E-state index < -0.39 is 5.91 Å². The summed E-state index contributed by atoms with van der Waals surface area (Å²) in [6.45, 7) is 5.30. The Morgan fingerprint density at radius 1 is 1.44 bits per heavy atom. The lowest BCUT2D eigenvalue weighted by atomic mass is 10.4. The molecule has 0 spiro atoms. The molecule has 0 radical (unpaired) electrons. The predicted octanol–water partition coefficient (Wildman–Crippen LogP) is -0.632. The third-order valence-corrected chi connectivity index (χ3v) is 1.66. The van der Waals surface area contributed by atoms with Crippen molar-refractivity contribution in [3.05, 3.63) is 11.6 Å². The molecule has 0 aliphatic rings. The second-order valence-corrected chi connectivity index (χ2v) is 3.65. The summed E-state index contributed by atoms with van der Waals surface area (Å²) < 4.78 is 0. The smallest absolute Gasteiger partial charge is 0.291 e. The molecule has 88 valence electrons. The number of amides is 2. The van der Waals surface area contributed by atoms with Gasteiger partial charge in [0.15, 0.2) is 0 Å². The zero-order chi connectivity index (χ0) is 12.1. The van der Waals surface area contributed by atoms with Crippen molar-refractivity contribution in [2.24, 2.45) is 0 Å². The van der Waals surface area contributed by atoms with Crippen molar-refractivity contribution in [2.75, 3.05) is 6.54 Å². The van der Waals surface area contributed by atoms with Gasteiger partial charge in [0.25, 0.3) is 5.91 Å². The molecule has 0 aliphatic carbocycles. The third kappa shape index (κ3) is 3.68. The molecule has 3 N–H and O–H groups in total. The maximum Gasteiger partial charge on any atom is 0.291 e. The molecule has 1 rings (SSSR count). The van der Waals surface area contributed by atoms with Gasteiger partial charge in [-0.25, -0.2) is 4.98 Å². The van der Waals surface area contributed by atoms with Gasteiger partial charge < -0.3 is 10.6 Å². The fourth-order valence-electron chi connectivity index (χ4n) is 1.06. The lowest BCUT2D eigenvalue weighted by molar-refractivity contribution is -0.120.